The molecule has 0 saturated carbocycles. The van der Waals surface area contributed by atoms with Crippen LogP contribution in [-0.4, -0.2) is 35.0 Å². The molecule has 106 valence electrons. The average Bonchev–Trinajstić information content (AvgIpc) is 2.35. The molecule has 0 saturated heterocycles. The molecule has 1 rings (SSSR count). The maximum atomic E-state index is 11.7. The molecule has 0 aliphatic carbocycles. The summed E-state index contributed by atoms with van der Waals surface area (Å²) in [6.45, 7) is 7.16. The number of carbonyl (C=O) groups is 1. The van der Waals surface area contributed by atoms with E-state index in [0.29, 0.717) is 31.4 Å². The number of halogens is 1. The van der Waals surface area contributed by atoms with Crippen LogP contribution in [0.25, 0.3) is 0 Å². The molecule has 6 heteroatoms. The van der Waals surface area contributed by atoms with Gasteiger partial charge in [-0.3, -0.25) is 4.79 Å². The van der Waals surface area contributed by atoms with Gasteiger partial charge in [-0.15, -0.1) is 0 Å². The van der Waals surface area contributed by atoms with Gasteiger partial charge < -0.3 is 14.8 Å². The summed E-state index contributed by atoms with van der Waals surface area (Å²) in [5.74, 6) is 0.384. The molecule has 0 spiro atoms. The van der Waals surface area contributed by atoms with Crippen molar-refractivity contribution >= 4 is 27.5 Å². The van der Waals surface area contributed by atoms with E-state index in [1.165, 1.54) is 0 Å². The Labute approximate surface area is 121 Å². The first-order valence-electron chi connectivity index (χ1n) is 6.10. The molecule has 0 aromatic carbocycles. The molecule has 1 aromatic rings. The molecule has 1 N–H and O–H groups in total. The minimum Gasteiger partial charge on any atom is -0.475 e. The normalized spacial score (nSPS) is 11.2. The predicted molar refractivity (Wildman–Crippen MR) is 77.9 cm³/mol. The summed E-state index contributed by atoms with van der Waals surface area (Å²) in [5.41, 5.74) is 0.634. The molecule has 0 bridgehead atoms. The van der Waals surface area contributed by atoms with Gasteiger partial charge in [-0.1, -0.05) is 15.9 Å². The van der Waals surface area contributed by atoms with Crippen molar-refractivity contribution in [2.24, 2.45) is 0 Å². The molecule has 0 radical (unpaired) electrons. The van der Waals surface area contributed by atoms with Gasteiger partial charge in [0.2, 0.25) is 11.8 Å². The molecule has 1 heterocycles. The second kappa shape index (κ2) is 7.45. The molecule has 0 fully saturated rings. The second-order valence-corrected chi connectivity index (χ2v) is 6.34. The van der Waals surface area contributed by atoms with E-state index in [0.717, 1.165) is 0 Å². The number of amides is 1. The maximum Gasteiger partial charge on any atom is 0.240 e. The molecule has 5 nitrogen and oxygen atoms in total. The lowest BCUT2D eigenvalue weighted by Crippen LogP contribution is -2.30. The smallest absolute Gasteiger partial charge is 0.240 e. The Hall–Kier alpha value is -1.14. The van der Waals surface area contributed by atoms with Crippen LogP contribution in [0.3, 0.4) is 0 Å². The number of alkyl halides is 1. The summed E-state index contributed by atoms with van der Waals surface area (Å²) >= 11 is 3.29. The highest BCUT2D eigenvalue weighted by molar-refractivity contribution is 9.10. The highest BCUT2D eigenvalue weighted by Gasteiger charge is 2.23. The number of ether oxygens (including phenoxy) is 2. The van der Waals surface area contributed by atoms with E-state index in [2.05, 4.69) is 26.2 Å². The summed E-state index contributed by atoms with van der Waals surface area (Å²) in [7, 11) is 0. The Morgan fingerprint density at radius 2 is 2.16 bits per heavy atom. The van der Waals surface area contributed by atoms with Gasteiger partial charge in [0.25, 0.3) is 0 Å². The molecule has 1 aromatic heterocycles. The van der Waals surface area contributed by atoms with E-state index in [1.54, 1.807) is 32.2 Å². The first kappa shape index (κ1) is 15.9. The van der Waals surface area contributed by atoms with Crippen molar-refractivity contribution in [2.75, 3.05) is 25.1 Å². The maximum absolute atomic E-state index is 11.7. The van der Waals surface area contributed by atoms with Crippen molar-refractivity contribution in [3.05, 3.63) is 18.3 Å². The summed E-state index contributed by atoms with van der Waals surface area (Å²) in [6.07, 6.45) is 1.56. The van der Waals surface area contributed by atoms with Crippen LogP contribution < -0.4 is 10.1 Å². The van der Waals surface area contributed by atoms with Gasteiger partial charge in [0.1, 0.15) is 6.61 Å². The lowest BCUT2D eigenvalue weighted by Gasteiger charge is -2.15. The lowest BCUT2D eigenvalue weighted by atomic mass is 10.2. The molecule has 19 heavy (non-hydrogen) atoms. The lowest BCUT2D eigenvalue weighted by molar-refractivity contribution is -0.117. The van der Waals surface area contributed by atoms with Crippen molar-refractivity contribution in [1.29, 1.82) is 0 Å². The molecule has 0 aliphatic heterocycles. The number of nitrogens with one attached hydrogen (secondary N) is 1. The van der Waals surface area contributed by atoms with Gasteiger partial charge in [0.05, 0.1) is 22.8 Å². The number of hydrogen-bond donors (Lipinski definition) is 1. The number of pyridine rings is 1. The summed E-state index contributed by atoms with van der Waals surface area (Å²) in [5, 5.41) is 2.76. The Morgan fingerprint density at radius 1 is 1.42 bits per heavy atom. The highest BCUT2D eigenvalue weighted by Crippen LogP contribution is 2.19. The van der Waals surface area contributed by atoms with Crippen LogP contribution in [0.15, 0.2) is 18.3 Å². The van der Waals surface area contributed by atoms with Gasteiger partial charge >= 0.3 is 0 Å². The van der Waals surface area contributed by atoms with Crippen molar-refractivity contribution in [3.63, 3.8) is 0 Å². The zero-order chi connectivity index (χ0) is 14.3. The average molecular weight is 331 g/mol. The molecular formula is C13H19BrN2O3. The fraction of sp³-hybridized carbons (Fsp3) is 0.538. The van der Waals surface area contributed by atoms with Gasteiger partial charge in [-0.2, -0.15) is 0 Å². The van der Waals surface area contributed by atoms with E-state index in [9.17, 15) is 4.79 Å². The fourth-order valence-electron chi connectivity index (χ4n) is 1.17. The molecule has 0 atom stereocenters. The van der Waals surface area contributed by atoms with Crippen LogP contribution in [-0.2, 0) is 9.53 Å². The molecular weight excluding hydrogens is 312 g/mol. The fourth-order valence-corrected chi connectivity index (χ4v) is 1.27. The second-order valence-electron chi connectivity index (χ2n) is 4.36. The van der Waals surface area contributed by atoms with E-state index < -0.39 is 4.32 Å². The van der Waals surface area contributed by atoms with Crippen LogP contribution >= 0.6 is 15.9 Å². The first-order valence-corrected chi connectivity index (χ1v) is 6.89. The third-order valence-corrected chi connectivity index (χ3v) is 2.58. The quantitative estimate of drug-likeness (QED) is 0.616. The van der Waals surface area contributed by atoms with Gasteiger partial charge in [-0.05, 0) is 26.8 Å². The third-order valence-electron chi connectivity index (χ3n) is 2.22. The Balaban J connectivity index is 2.45. The Bertz CT molecular complexity index is 401. The van der Waals surface area contributed by atoms with Gasteiger partial charge in [-0.25, -0.2) is 4.98 Å². The van der Waals surface area contributed by atoms with Gasteiger partial charge in [0, 0.05) is 12.7 Å². The third kappa shape index (κ3) is 6.02. The molecule has 1 amide bonds. The Kier molecular flexibility index (Phi) is 6.24. The van der Waals surface area contributed by atoms with Crippen LogP contribution in [0, 0.1) is 0 Å². The molecule has 0 aliphatic rings. The number of anilines is 1. The van der Waals surface area contributed by atoms with Crippen LogP contribution in [0.2, 0.25) is 0 Å². The first-order chi connectivity index (χ1) is 8.93. The molecule has 0 unspecified atom stereocenters. The van der Waals surface area contributed by atoms with Crippen LogP contribution in [0.5, 0.6) is 5.88 Å². The van der Waals surface area contributed by atoms with E-state index in [1.807, 2.05) is 6.92 Å². The minimum absolute atomic E-state index is 0.126. The number of carbonyl (C=O) groups excluding carboxylic acids is 1. The van der Waals surface area contributed by atoms with Crippen molar-refractivity contribution in [2.45, 2.75) is 25.1 Å². The van der Waals surface area contributed by atoms with Crippen molar-refractivity contribution < 1.29 is 14.3 Å². The number of rotatable bonds is 7. The van der Waals surface area contributed by atoms with Crippen molar-refractivity contribution in [1.82, 2.24) is 4.98 Å². The topological polar surface area (TPSA) is 60.5 Å². The summed E-state index contributed by atoms with van der Waals surface area (Å²) in [4.78, 5) is 15.8. The van der Waals surface area contributed by atoms with E-state index in [4.69, 9.17) is 9.47 Å². The zero-order valence-corrected chi connectivity index (χ0v) is 13.0. The van der Waals surface area contributed by atoms with Crippen LogP contribution in [0.1, 0.15) is 20.8 Å². The zero-order valence-electron chi connectivity index (χ0n) is 11.4. The monoisotopic (exact) mass is 330 g/mol. The Morgan fingerprint density at radius 3 is 2.68 bits per heavy atom. The largest absolute Gasteiger partial charge is 0.475 e. The number of aromatic nitrogens is 1. The highest BCUT2D eigenvalue weighted by atomic mass is 79.9. The number of hydrogen-bond acceptors (Lipinski definition) is 4. The standard InChI is InChI=1S/C13H19BrN2O3/c1-4-18-7-8-19-11-6-5-10(9-15-11)16-12(17)13(2,3)14/h5-6,9H,4,7-8H2,1-3H3,(H,16,17). The summed E-state index contributed by atoms with van der Waals surface area (Å²) < 4.78 is 9.92. The SMILES string of the molecule is CCOCCOc1ccc(NC(=O)C(C)(C)Br)cn1. The van der Waals surface area contributed by atoms with E-state index in [-0.39, 0.29) is 5.91 Å². The van der Waals surface area contributed by atoms with E-state index >= 15 is 0 Å². The van der Waals surface area contributed by atoms with Crippen LogP contribution in [0.4, 0.5) is 5.69 Å². The van der Waals surface area contributed by atoms with Gasteiger partial charge in [0.15, 0.2) is 0 Å². The predicted octanol–water partition coefficient (Wildman–Crippen LogP) is 2.61. The summed E-state index contributed by atoms with van der Waals surface area (Å²) in [6, 6.07) is 3.46. The number of nitrogens with zero attached hydrogens (tertiary/aromatic N) is 1. The minimum atomic E-state index is -0.611. The van der Waals surface area contributed by atoms with Crippen molar-refractivity contribution in [3.8, 4) is 5.88 Å².